The van der Waals surface area contributed by atoms with E-state index in [9.17, 15) is 9.59 Å². The van der Waals surface area contributed by atoms with Gasteiger partial charge >= 0.3 is 5.97 Å². The lowest BCUT2D eigenvalue weighted by Gasteiger charge is -2.23. The summed E-state index contributed by atoms with van der Waals surface area (Å²) in [4.78, 5) is 27.3. The van der Waals surface area contributed by atoms with E-state index in [0.717, 1.165) is 11.1 Å². The number of nitrogens with zero attached hydrogens (tertiary/aromatic N) is 1. The van der Waals surface area contributed by atoms with Crippen LogP contribution < -0.4 is 9.47 Å². The molecule has 6 heteroatoms. The molecule has 0 radical (unpaired) electrons. The van der Waals surface area contributed by atoms with Crippen LogP contribution in [0.2, 0.25) is 0 Å². The molecule has 0 aliphatic carbocycles. The van der Waals surface area contributed by atoms with Gasteiger partial charge in [-0.2, -0.15) is 0 Å². The molecule has 0 aromatic heterocycles. The van der Waals surface area contributed by atoms with Crippen LogP contribution >= 0.6 is 0 Å². The molecule has 3 rings (SSSR count). The van der Waals surface area contributed by atoms with Crippen LogP contribution in [0.1, 0.15) is 21.5 Å². The first-order chi connectivity index (χ1) is 15.6. The van der Waals surface area contributed by atoms with Crippen LogP contribution in [-0.4, -0.2) is 44.1 Å². The Morgan fingerprint density at radius 3 is 2.06 bits per heavy atom. The van der Waals surface area contributed by atoms with E-state index < -0.39 is 5.97 Å². The normalized spacial score (nSPS) is 10.3. The van der Waals surface area contributed by atoms with Gasteiger partial charge in [0.15, 0.2) is 18.1 Å². The first-order valence-corrected chi connectivity index (χ1v) is 10.4. The molecule has 0 aliphatic rings. The fraction of sp³-hybridized carbons (Fsp3) is 0.231. The lowest BCUT2D eigenvalue weighted by Crippen LogP contribution is -2.36. The fourth-order valence-corrected chi connectivity index (χ4v) is 3.35. The Hall–Kier alpha value is -3.80. The summed E-state index contributed by atoms with van der Waals surface area (Å²) in [6.45, 7) is 0.588. The van der Waals surface area contributed by atoms with Crippen molar-refractivity contribution in [2.75, 3.05) is 27.4 Å². The van der Waals surface area contributed by atoms with Crippen LogP contribution in [0.5, 0.6) is 11.5 Å². The molecule has 0 bridgehead atoms. The van der Waals surface area contributed by atoms with E-state index in [-0.39, 0.29) is 23.8 Å². The minimum atomic E-state index is -0.642. The first-order valence-electron chi connectivity index (χ1n) is 10.4. The molecule has 0 unspecified atom stereocenters. The van der Waals surface area contributed by atoms with Crippen molar-refractivity contribution in [1.29, 1.82) is 0 Å². The van der Waals surface area contributed by atoms with Crippen molar-refractivity contribution >= 4 is 11.9 Å². The number of esters is 1. The van der Waals surface area contributed by atoms with Crippen molar-refractivity contribution in [3.8, 4) is 11.5 Å². The highest BCUT2D eigenvalue weighted by Gasteiger charge is 2.21. The van der Waals surface area contributed by atoms with Crippen LogP contribution in [0.3, 0.4) is 0 Å². The highest BCUT2D eigenvalue weighted by molar-refractivity contribution is 5.95. The van der Waals surface area contributed by atoms with Crippen molar-refractivity contribution in [1.82, 2.24) is 4.90 Å². The molecule has 0 fully saturated rings. The highest BCUT2D eigenvalue weighted by Crippen LogP contribution is 2.31. The second kappa shape index (κ2) is 11.6. The van der Waals surface area contributed by atoms with E-state index in [1.165, 1.54) is 14.2 Å². The quantitative estimate of drug-likeness (QED) is 0.450. The van der Waals surface area contributed by atoms with Crippen molar-refractivity contribution < 1.29 is 23.8 Å². The summed E-state index contributed by atoms with van der Waals surface area (Å²) in [6, 6.07) is 24.6. The molecule has 3 aromatic carbocycles. The summed E-state index contributed by atoms with van der Waals surface area (Å²) < 4.78 is 15.8. The molecule has 3 aromatic rings. The standard InChI is InChI=1S/C26H27NO5/c1-30-23-15-9-14-22(25(23)31-2)26(29)32-19-24(28)27(18-21-12-7-4-8-13-21)17-16-20-10-5-3-6-11-20/h3-15H,16-19H2,1-2H3. The third kappa shape index (κ3) is 6.11. The molecule has 32 heavy (non-hydrogen) atoms. The number of benzene rings is 3. The zero-order valence-corrected chi connectivity index (χ0v) is 18.3. The molecule has 1 amide bonds. The van der Waals surface area contributed by atoms with E-state index in [1.807, 2.05) is 60.7 Å². The van der Waals surface area contributed by atoms with Gasteiger partial charge in [-0.15, -0.1) is 0 Å². The molecule has 0 N–H and O–H groups in total. The molecule has 0 aliphatic heterocycles. The van der Waals surface area contributed by atoms with Crippen LogP contribution in [-0.2, 0) is 22.5 Å². The lowest BCUT2D eigenvalue weighted by atomic mass is 10.1. The monoisotopic (exact) mass is 433 g/mol. The van der Waals surface area contributed by atoms with Crippen LogP contribution in [0, 0.1) is 0 Å². The SMILES string of the molecule is COc1cccc(C(=O)OCC(=O)N(CCc2ccccc2)Cc2ccccc2)c1OC. The number of ether oxygens (including phenoxy) is 3. The Morgan fingerprint density at radius 1 is 0.781 bits per heavy atom. The maximum absolute atomic E-state index is 13.0. The van der Waals surface area contributed by atoms with Gasteiger partial charge in [-0.25, -0.2) is 4.79 Å². The van der Waals surface area contributed by atoms with Crippen LogP contribution in [0.15, 0.2) is 78.9 Å². The number of hydrogen-bond acceptors (Lipinski definition) is 5. The smallest absolute Gasteiger partial charge is 0.342 e. The number of hydrogen-bond donors (Lipinski definition) is 0. The Bertz CT molecular complexity index is 1020. The second-order valence-corrected chi connectivity index (χ2v) is 7.15. The molecule has 0 saturated carbocycles. The maximum Gasteiger partial charge on any atom is 0.342 e. The van der Waals surface area contributed by atoms with Crippen LogP contribution in [0.4, 0.5) is 0 Å². The average molecular weight is 434 g/mol. The van der Waals surface area contributed by atoms with Gasteiger partial charge in [0, 0.05) is 13.1 Å². The summed E-state index contributed by atoms with van der Waals surface area (Å²) in [5.41, 5.74) is 2.35. The molecular weight excluding hydrogens is 406 g/mol. The Balaban J connectivity index is 1.68. The van der Waals surface area contributed by atoms with Crippen molar-refractivity contribution in [2.45, 2.75) is 13.0 Å². The molecule has 0 spiro atoms. The average Bonchev–Trinajstić information content (AvgIpc) is 2.85. The summed E-state index contributed by atoms with van der Waals surface area (Å²) >= 11 is 0. The van der Waals surface area contributed by atoms with Crippen molar-refractivity contribution in [3.63, 3.8) is 0 Å². The van der Waals surface area contributed by atoms with Crippen molar-refractivity contribution in [3.05, 3.63) is 95.6 Å². The fourth-order valence-electron chi connectivity index (χ4n) is 3.35. The molecule has 0 saturated heterocycles. The second-order valence-electron chi connectivity index (χ2n) is 7.15. The van der Waals surface area contributed by atoms with E-state index in [1.54, 1.807) is 23.1 Å². The number of rotatable bonds is 10. The molecule has 166 valence electrons. The third-order valence-electron chi connectivity index (χ3n) is 5.03. The Kier molecular flexibility index (Phi) is 8.26. The summed E-state index contributed by atoms with van der Waals surface area (Å²) in [7, 11) is 2.94. The number of amides is 1. The molecule has 0 atom stereocenters. The number of carbonyl (C=O) groups excluding carboxylic acids is 2. The lowest BCUT2D eigenvalue weighted by molar-refractivity contribution is -0.135. The summed E-state index contributed by atoms with van der Waals surface area (Å²) in [5, 5.41) is 0. The van der Waals surface area contributed by atoms with Gasteiger partial charge in [0.05, 0.1) is 14.2 Å². The third-order valence-corrected chi connectivity index (χ3v) is 5.03. The zero-order chi connectivity index (χ0) is 22.8. The predicted molar refractivity (Wildman–Crippen MR) is 122 cm³/mol. The summed E-state index contributed by atoms with van der Waals surface area (Å²) in [6.07, 6.45) is 0.705. The van der Waals surface area contributed by atoms with Gasteiger partial charge in [0.25, 0.3) is 5.91 Å². The Morgan fingerprint density at radius 2 is 1.44 bits per heavy atom. The van der Waals surface area contributed by atoms with Gasteiger partial charge in [-0.3, -0.25) is 4.79 Å². The van der Waals surface area contributed by atoms with Gasteiger partial charge in [-0.05, 0) is 29.7 Å². The van der Waals surface area contributed by atoms with Crippen molar-refractivity contribution in [2.24, 2.45) is 0 Å². The largest absolute Gasteiger partial charge is 0.493 e. The summed E-state index contributed by atoms with van der Waals surface area (Å²) in [5.74, 6) is -0.212. The van der Waals surface area contributed by atoms with Gasteiger partial charge < -0.3 is 19.1 Å². The van der Waals surface area contributed by atoms with Gasteiger partial charge in [0.1, 0.15) is 5.56 Å². The van der Waals surface area contributed by atoms with Gasteiger partial charge in [-0.1, -0.05) is 66.7 Å². The molecular formula is C26H27NO5. The van der Waals surface area contributed by atoms with Gasteiger partial charge in [0.2, 0.25) is 0 Å². The van der Waals surface area contributed by atoms with E-state index >= 15 is 0 Å². The van der Waals surface area contributed by atoms with E-state index in [4.69, 9.17) is 14.2 Å². The zero-order valence-electron chi connectivity index (χ0n) is 18.3. The Labute approximate surface area is 188 Å². The van der Waals surface area contributed by atoms with Crippen LogP contribution in [0.25, 0.3) is 0 Å². The number of methoxy groups -OCH3 is 2. The topological polar surface area (TPSA) is 65.1 Å². The predicted octanol–water partition coefficient (Wildman–Crippen LogP) is 4.13. The number of carbonyl (C=O) groups is 2. The molecule has 0 heterocycles. The first kappa shape index (κ1) is 22.9. The molecule has 6 nitrogen and oxygen atoms in total. The minimum absolute atomic E-state index is 0.207. The minimum Gasteiger partial charge on any atom is -0.493 e. The highest BCUT2D eigenvalue weighted by atomic mass is 16.5. The number of para-hydroxylation sites is 1. The maximum atomic E-state index is 13.0. The van der Waals surface area contributed by atoms with E-state index in [0.29, 0.717) is 25.3 Å². The van der Waals surface area contributed by atoms with E-state index in [2.05, 4.69) is 0 Å².